The van der Waals surface area contributed by atoms with E-state index < -0.39 is 0 Å². The van der Waals surface area contributed by atoms with Gasteiger partial charge in [-0.25, -0.2) is 0 Å². The number of hydrogen-bond donors (Lipinski definition) is 1. The highest BCUT2D eigenvalue weighted by Crippen LogP contribution is 2.17. The fourth-order valence-electron chi connectivity index (χ4n) is 1.05. The van der Waals surface area contributed by atoms with Gasteiger partial charge in [-0.3, -0.25) is 0 Å². The van der Waals surface area contributed by atoms with Gasteiger partial charge in [0.05, 0.1) is 0 Å². The molecule has 0 aromatic heterocycles. The highest BCUT2D eigenvalue weighted by molar-refractivity contribution is 5.85. The third-order valence-corrected chi connectivity index (χ3v) is 1.89. The van der Waals surface area contributed by atoms with Gasteiger partial charge in [-0.15, -0.1) is 12.4 Å². The first-order valence-electron chi connectivity index (χ1n) is 4.06. The molecular weight excluding hydrogens is 182 g/mol. The van der Waals surface area contributed by atoms with Crippen LogP contribution in [-0.2, 0) is 5.54 Å². The maximum absolute atomic E-state index is 5.92. The van der Waals surface area contributed by atoms with Gasteiger partial charge in [-0.05, 0) is 25.0 Å². The molecule has 0 aliphatic heterocycles. The van der Waals surface area contributed by atoms with Crippen LogP contribution in [0.3, 0.4) is 0 Å². The van der Waals surface area contributed by atoms with Gasteiger partial charge in [-0.1, -0.05) is 36.9 Å². The summed E-state index contributed by atoms with van der Waals surface area (Å²) in [5.41, 5.74) is 7.95. The van der Waals surface area contributed by atoms with Crippen molar-refractivity contribution in [2.24, 2.45) is 5.73 Å². The Balaban J connectivity index is 0.00000144. The molecule has 1 aromatic rings. The van der Waals surface area contributed by atoms with Crippen molar-refractivity contribution >= 4 is 18.5 Å². The maximum Gasteiger partial charge on any atom is 0.0352 e. The minimum absolute atomic E-state index is 0. The van der Waals surface area contributed by atoms with Gasteiger partial charge in [-0.2, -0.15) is 0 Å². The van der Waals surface area contributed by atoms with Gasteiger partial charge < -0.3 is 5.73 Å². The van der Waals surface area contributed by atoms with Gasteiger partial charge in [0.25, 0.3) is 0 Å². The molecular formula is C11H16ClN. The summed E-state index contributed by atoms with van der Waals surface area (Å²) in [5, 5.41) is 0. The average molecular weight is 198 g/mol. The zero-order chi connectivity index (χ0) is 9.19. The number of nitrogens with two attached hydrogens (primary N) is 1. The minimum Gasteiger partial charge on any atom is -0.322 e. The van der Waals surface area contributed by atoms with Gasteiger partial charge >= 0.3 is 0 Å². The highest BCUT2D eigenvalue weighted by atomic mass is 35.5. The Morgan fingerprint density at radius 1 is 1.23 bits per heavy atom. The number of benzene rings is 1. The molecule has 0 saturated carbocycles. The van der Waals surface area contributed by atoms with Crippen LogP contribution < -0.4 is 5.73 Å². The van der Waals surface area contributed by atoms with Crippen molar-refractivity contribution in [3.05, 3.63) is 42.0 Å². The van der Waals surface area contributed by atoms with Crippen LogP contribution in [-0.4, -0.2) is 0 Å². The summed E-state index contributed by atoms with van der Waals surface area (Å²) in [6.07, 6.45) is 1.83. The lowest BCUT2D eigenvalue weighted by Crippen LogP contribution is -2.28. The van der Waals surface area contributed by atoms with Gasteiger partial charge in [0, 0.05) is 5.54 Å². The fourth-order valence-corrected chi connectivity index (χ4v) is 1.05. The topological polar surface area (TPSA) is 26.0 Å². The van der Waals surface area contributed by atoms with Crippen LogP contribution in [0.2, 0.25) is 0 Å². The van der Waals surface area contributed by atoms with Crippen LogP contribution >= 0.6 is 12.4 Å². The highest BCUT2D eigenvalue weighted by Gasteiger charge is 2.12. The molecule has 0 radical (unpaired) electrons. The standard InChI is InChI=1S/C11H15N.ClH/c1-4-9-5-7-10(8-6-9)11(2,3)12;/h4-8H,1,12H2,2-3H3;1H. The van der Waals surface area contributed by atoms with Crippen molar-refractivity contribution in [1.29, 1.82) is 0 Å². The van der Waals surface area contributed by atoms with E-state index in [0.717, 1.165) is 11.1 Å². The Morgan fingerprint density at radius 3 is 2.00 bits per heavy atom. The lowest BCUT2D eigenvalue weighted by Gasteiger charge is -2.18. The van der Waals surface area contributed by atoms with Crippen molar-refractivity contribution in [2.45, 2.75) is 19.4 Å². The van der Waals surface area contributed by atoms with Crippen molar-refractivity contribution in [1.82, 2.24) is 0 Å². The van der Waals surface area contributed by atoms with E-state index in [1.54, 1.807) is 0 Å². The first-order valence-corrected chi connectivity index (χ1v) is 4.06. The molecule has 0 spiro atoms. The summed E-state index contributed by atoms with van der Waals surface area (Å²) in [5.74, 6) is 0. The van der Waals surface area contributed by atoms with Gasteiger partial charge in [0.15, 0.2) is 0 Å². The van der Waals surface area contributed by atoms with E-state index in [1.807, 2.05) is 44.2 Å². The molecule has 0 atom stereocenters. The lowest BCUT2D eigenvalue weighted by molar-refractivity contribution is 0.554. The Kier molecular flexibility index (Phi) is 4.18. The molecule has 0 fully saturated rings. The molecule has 2 N–H and O–H groups in total. The predicted molar refractivity (Wildman–Crippen MR) is 61.0 cm³/mol. The quantitative estimate of drug-likeness (QED) is 0.775. The van der Waals surface area contributed by atoms with Crippen LogP contribution in [0.15, 0.2) is 30.8 Å². The summed E-state index contributed by atoms with van der Waals surface area (Å²) >= 11 is 0. The van der Waals surface area contributed by atoms with E-state index in [2.05, 4.69) is 6.58 Å². The van der Waals surface area contributed by atoms with Crippen LogP contribution in [0.5, 0.6) is 0 Å². The summed E-state index contributed by atoms with van der Waals surface area (Å²) in [6, 6.07) is 8.13. The SMILES string of the molecule is C=Cc1ccc(C(C)(C)N)cc1.Cl. The average Bonchev–Trinajstić information content (AvgIpc) is 2.03. The van der Waals surface area contributed by atoms with Gasteiger partial charge in [0.2, 0.25) is 0 Å². The van der Waals surface area contributed by atoms with E-state index in [0.29, 0.717) is 0 Å². The number of halogens is 1. The van der Waals surface area contributed by atoms with Crippen LogP contribution in [0.4, 0.5) is 0 Å². The number of hydrogen-bond acceptors (Lipinski definition) is 1. The molecule has 72 valence electrons. The van der Waals surface area contributed by atoms with Crippen molar-refractivity contribution in [3.63, 3.8) is 0 Å². The third kappa shape index (κ3) is 3.21. The molecule has 0 bridgehead atoms. The van der Waals surface area contributed by atoms with Crippen LogP contribution in [0, 0.1) is 0 Å². The summed E-state index contributed by atoms with van der Waals surface area (Å²) in [4.78, 5) is 0. The van der Waals surface area contributed by atoms with E-state index in [9.17, 15) is 0 Å². The zero-order valence-corrected chi connectivity index (χ0v) is 8.90. The van der Waals surface area contributed by atoms with Crippen molar-refractivity contribution in [3.8, 4) is 0 Å². The third-order valence-electron chi connectivity index (χ3n) is 1.89. The molecule has 0 aliphatic rings. The fraction of sp³-hybridized carbons (Fsp3) is 0.273. The van der Waals surface area contributed by atoms with Gasteiger partial charge in [0.1, 0.15) is 0 Å². The van der Waals surface area contributed by atoms with Crippen LogP contribution in [0.1, 0.15) is 25.0 Å². The smallest absolute Gasteiger partial charge is 0.0352 e. The first kappa shape index (κ1) is 12.2. The monoisotopic (exact) mass is 197 g/mol. The molecule has 0 saturated heterocycles. The number of rotatable bonds is 2. The second-order valence-corrected chi connectivity index (χ2v) is 3.55. The Hall–Kier alpha value is -0.790. The minimum atomic E-state index is -0.250. The normalized spacial score (nSPS) is 10.4. The molecule has 0 amide bonds. The van der Waals surface area contributed by atoms with Crippen molar-refractivity contribution in [2.75, 3.05) is 0 Å². The Bertz CT molecular complexity index is 269. The predicted octanol–water partition coefficient (Wildman–Crippen LogP) is 2.95. The first-order chi connectivity index (χ1) is 5.54. The molecule has 0 heterocycles. The largest absolute Gasteiger partial charge is 0.322 e. The van der Waals surface area contributed by atoms with E-state index in [4.69, 9.17) is 5.73 Å². The lowest BCUT2D eigenvalue weighted by atomic mass is 9.95. The molecule has 1 nitrogen and oxygen atoms in total. The van der Waals surface area contributed by atoms with E-state index in [-0.39, 0.29) is 17.9 Å². The Morgan fingerprint density at radius 2 is 1.69 bits per heavy atom. The second-order valence-electron chi connectivity index (χ2n) is 3.55. The van der Waals surface area contributed by atoms with E-state index in [1.165, 1.54) is 0 Å². The molecule has 2 heteroatoms. The Labute approximate surface area is 86.1 Å². The van der Waals surface area contributed by atoms with Crippen LogP contribution in [0.25, 0.3) is 6.08 Å². The molecule has 13 heavy (non-hydrogen) atoms. The molecule has 1 aromatic carbocycles. The zero-order valence-electron chi connectivity index (χ0n) is 8.08. The summed E-state index contributed by atoms with van der Waals surface area (Å²) in [7, 11) is 0. The summed E-state index contributed by atoms with van der Waals surface area (Å²) in [6.45, 7) is 7.68. The summed E-state index contributed by atoms with van der Waals surface area (Å²) < 4.78 is 0. The molecule has 0 aliphatic carbocycles. The molecule has 0 unspecified atom stereocenters. The van der Waals surface area contributed by atoms with E-state index >= 15 is 0 Å². The second kappa shape index (κ2) is 4.45. The maximum atomic E-state index is 5.92. The van der Waals surface area contributed by atoms with Crippen molar-refractivity contribution < 1.29 is 0 Å². The molecule has 1 rings (SSSR count).